The van der Waals surface area contributed by atoms with Crippen LogP contribution < -0.4 is 5.73 Å². The molecule has 0 saturated carbocycles. The van der Waals surface area contributed by atoms with E-state index in [0.717, 1.165) is 12.0 Å². The van der Waals surface area contributed by atoms with E-state index >= 15 is 0 Å². The molecule has 0 radical (unpaired) electrons. The Morgan fingerprint density at radius 1 is 1.40 bits per heavy atom. The Morgan fingerprint density at radius 3 is 2.53 bits per heavy atom. The molecule has 0 saturated heterocycles. The van der Waals surface area contributed by atoms with Gasteiger partial charge in [0.1, 0.15) is 5.82 Å². The smallest absolute Gasteiger partial charge is 0.123 e. The minimum atomic E-state index is -0.189. The molecule has 84 valence electrons. The maximum atomic E-state index is 13.0. The molecule has 0 aliphatic heterocycles. The lowest BCUT2D eigenvalue weighted by molar-refractivity contribution is 0.181. The van der Waals surface area contributed by atoms with E-state index in [4.69, 9.17) is 5.73 Å². The van der Waals surface area contributed by atoms with E-state index in [9.17, 15) is 4.39 Å². The quantitative estimate of drug-likeness (QED) is 0.818. The van der Waals surface area contributed by atoms with Crippen LogP contribution in [0.5, 0.6) is 0 Å². The van der Waals surface area contributed by atoms with Gasteiger partial charge in [-0.25, -0.2) is 4.39 Å². The maximum absolute atomic E-state index is 13.0. The first-order valence-electron chi connectivity index (χ1n) is 5.10. The van der Waals surface area contributed by atoms with Crippen LogP contribution in [-0.2, 0) is 6.42 Å². The summed E-state index contributed by atoms with van der Waals surface area (Å²) in [5.74, 6) is -0.189. The summed E-state index contributed by atoms with van der Waals surface area (Å²) in [6, 6.07) is 6.69. The molecule has 0 aliphatic carbocycles. The van der Waals surface area contributed by atoms with Gasteiger partial charge >= 0.3 is 0 Å². The van der Waals surface area contributed by atoms with E-state index in [-0.39, 0.29) is 11.4 Å². The molecule has 0 fully saturated rings. The van der Waals surface area contributed by atoms with Crippen molar-refractivity contribution in [1.82, 2.24) is 4.90 Å². The number of benzene rings is 1. The summed E-state index contributed by atoms with van der Waals surface area (Å²) in [6.45, 7) is 2.63. The van der Waals surface area contributed by atoms with E-state index < -0.39 is 0 Å². The monoisotopic (exact) mass is 210 g/mol. The van der Waals surface area contributed by atoms with E-state index in [1.807, 2.05) is 20.2 Å². The Kier molecular flexibility index (Phi) is 3.83. The van der Waals surface area contributed by atoms with Gasteiger partial charge in [0.2, 0.25) is 0 Å². The van der Waals surface area contributed by atoms with Crippen molar-refractivity contribution < 1.29 is 4.39 Å². The van der Waals surface area contributed by atoms with Gasteiger partial charge in [0.05, 0.1) is 0 Å². The standard InChI is InChI=1S/C12H19FN2/c1-12(9-14,15(2)3)8-10-5-4-6-11(13)7-10/h4-7H,8-9,14H2,1-3H3. The third-order valence-electron chi connectivity index (χ3n) is 2.99. The molecular weight excluding hydrogens is 191 g/mol. The number of halogens is 1. The highest BCUT2D eigenvalue weighted by Gasteiger charge is 2.25. The Balaban J connectivity index is 2.84. The van der Waals surface area contributed by atoms with E-state index in [2.05, 4.69) is 11.8 Å². The molecule has 1 unspecified atom stereocenters. The number of rotatable bonds is 4. The molecule has 0 heterocycles. The van der Waals surface area contributed by atoms with E-state index in [0.29, 0.717) is 6.54 Å². The minimum Gasteiger partial charge on any atom is -0.329 e. The van der Waals surface area contributed by atoms with Crippen molar-refractivity contribution in [3.8, 4) is 0 Å². The molecule has 15 heavy (non-hydrogen) atoms. The van der Waals surface area contributed by atoms with Crippen molar-refractivity contribution in [2.75, 3.05) is 20.6 Å². The second-order valence-electron chi connectivity index (χ2n) is 4.40. The zero-order valence-corrected chi connectivity index (χ0v) is 9.63. The molecule has 0 aromatic heterocycles. The highest BCUT2D eigenvalue weighted by atomic mass is 19.1. The molecule has 3 heteroatoms. The normalized spacial score (nSPS) is 15.3. The lowest BCUT2D eigenvalue weighted by Crippen LogP contribution is -2.49. The van der Waals surface area contributed by atoms with Crippen LogP contribution in [0.1, 0.15) is 12.5 Å². The number of hydrogen-bond donors (Lipinski definition) is 1. The van der Waals surface area contributed by atoms with Gasteiger partial charge in [0, 0.05) is 12.1 Å². The third-order valence-corrected chi connectivity index (χ3v) is 2.99. The average molecular weight is 210 g/mol. The lowest BCUT2D eigenvalue weighted by Gasteiger charge is -2.35. The van der Waals surface area contributed by atoms with Crippen LogP contribution in [0.3, 0.4) is 0 Å². The van der Waals surface area contributed by atoms with E-state index in [1.54, 1.807) is 12.1 Å². The van der Waals surface area contributed by atoms with Crippen LogP contribution in [0.4, 0.5) is 4.39 Å². The van der Waals surface area contributed by atoms with Crippen LogP contribution in [0.15, 0.2) is 24.3 Å². The molecular formula is C12H19FN2. The zero-order chi connectivity index (χ0) is 11.5. The van der Waals surface area contributed by atoms with Crippen molar-refractivity contribution in [3.05, 3.63) is 35.6 Å². The Labute approximate surface area is 90.9 Å². The van der Waals surface area contributed by atoms with Crippen molar-refractivity contribution >= 4 is 0 Å². The maximum Gasteiger partial charge on any atom is 0.123 e. The summed E-state index contributed by atoms with van der Waals surface area (Å²) in [5.41, 5.74) is 6.62. The van der Waals surface area contributed by atoms with Crippen LogP contribution in [0, 0.1) is 5.82 Å². The lowest BCUT2D eigenvalue weighted by atomic mass is 9.92. The molecule has 2 nitrogen and oxygen atoms in total. The van der Waals surface area contributed by atoms with Gasteiger partial charge in [-0.1, -0.05) is 12.1 Å². The van der Waals surface area contributed by atoms with Crippen LogP contribution in [-0.4, -0.2) is 31.1 Å². The molecule has 0 aliphatic rings. The van der Waals surface area contributed by atoms with Gasteiger partial charge in [-0.05, 0) is 45.1 Å². The van der Waals surface area contributed by atoms with Gasteiger partial charge < -0.3 is 10.6 Å². The third kappa shape index (κ3) is 3.01. The van der Waals surface area contributed by atoms with Crippen molar-refractivity contribution in [3.63, 3.8) is 0 Å². The highest BCUT2D eigenvalue weighted by Crippen LogP contribution is 2.17. The van der Waals surface area contributed by atoms with E-state index in [1.165, 1.54) is 6.07 Å². The first-order valence-corrected chi connectivity index (χ1v) is 5.10. The van der Waals surface area contributed by atoms with Gasteiger partial charge in [-0.2, -0.15) is 0 Å². The number of nitrogens with zero attached hydrogens (tertiary/aromatic N) is 1. The largest absolute Gasteiger partial charge is 0.329 e. The molecule has 0 bridgehead atoms. The second kappa shape index (κ2) is 4.73. The average Bonchev–Trinajstić information content (AvgIpc) is 2.17. The Morgan fingerprint density at radius 2 is 2.07 bits per heavy atom. The summed E-state index contributed by atoms with van der Waals surface area (Å²) >= 11 is 0. The Hall–Kier alpha value is -0.930. The van der Waals surface area contributed by atoms with Crippen molar-refractivity contribution in [2.24, 2.45) is 5.73 Å². The number of likely N-dealkylation sites (N-methyl/N-ethyl adjacent to an activating group) is 1. The fraction of sp³-hybridized carbons (Fsp3) is 0.500. The summed E-state index contributed by atoms with van der Waals surface area (Å²) in [7, 11) is 3.98. The predicted octanol–water partition coefficient (Wildman–Crippen LogP) is 1.65. The first kappa shape index (κ1) is 12.1. The zero-order valence-electron chi connectivity index (χ0n) is 9.63. The van der Waals surface area contributed by atoms with Gasteiger partial charge in [0.15, 0.2) is 0 Å². The molecule has 0 amide bonds. The molecule has 0 spiro atoms. The van der Waals surface area contributed by atoms with Crippen molar-refractivity contribution in [1.29, 1.82) is 0 Å². The summed E-state index contributed by atoms with van der Waals surface area (Å²) < 4.78 is 13.0. The van der Waals surface area contributed by atoms with Gasteiger partial charge in [-0.3, -0.25) is 0 Å². The fourth-order valence-electron chi connectivity index (χ4n) is 1.50. The first-order chi connectivity index (χ1) is 6.98. The van der Waals surface area contributed by atoms with Crippen LogP contribution in [0.25, 0.3) is 0 Å². The fourth-order valence-corrected chi connectivity index (χ4v) is 1.50. The minimum absolute atomic E-state index is 0.117. The summed E-state index contributed by atoms with van der Waals surface area (Å²) in [6.07, 6.45) is 0.758. The second-order valence-corrected chi connectivity index (χ2v) is 4.40. The van der Waals surface area contributed by atoms with Crippen LogP contribution >= 0.6 is 0 Å². The summed E-state index contributed by atoms with van der Waals surface area (Å²) in [5, 5.41) is 0. The van der Waals surface area contributed by atoms with Crippen molar-refractivity contribution in [2.45, 2.75) is 18.9 Å². The van der Waals surface area contributed by atoms with Gasteiger partial charge in [0.25, 0.3) is 0 Å². The SMILES string of the molecule is CN(C)C(C)(CN)Cc1cccc(F)c1. The highest BCUT2D eigenvalue weighted by molar-refractivity contribution is 5.19. The molecule has 1 atom stereocenters. The van der Waals surface area contributed by atoms with Crippen LogP contribution in [0.2, 0.25) is 0 Å². The number of hydrogen-bond acceptors (Lipinski definition) is 2. The molecule has 2 N–H and O–H groups in total. The van der Waals surface area contributed by atoms with Gasteiger partial charge in [-0.15, -0.1) is 0 Å². The molecule has 1 aromatic carbocycles. The Bertz CT molecular complexity index is 325. The summed E-state index contributed by atoms with van der Waals surface area (Å²) in [4.78, 5) is 2.08. The molecule has 1 rings (SSSR count). The molecule has 1 aromatic rings. The number of nitrogens with two attached hydrogens (primary N) is 1. The topological polar surface area (TPSA) is 29.3 Å². The predicted molar refractivity (Wildman–Crippen MR) is 61.3 cm³/mol.